The van der Waals surface area contributed by atoms with Gasteiger partial charge in [0.2, 0.25) is 5.69 Å². The van der Waals surface area contributed by atoms with E-state index >= 15 is 0 Å². The van der Waals surface area contributed by atoms with E-state index in [1.54, 1.807) is 0 Å². The molecule has 3 aromatic rings. The zero-order chi connectivity index (χ0) is 35.0. The SMILES string of the molecule is CCOC(=O)CCCCN1\C(=C/C=C/C=C/C2=[N+](Cc3ccccc3)c3ccccc3C2(C)C)C(C)(C)c2ccccc21.F[B-](F)(F)F. The Hall–Kier alpha value is -4.40. The van der Waals surface area contributed by atoms with Crippen molar-refractivity contribution in [3.05, 3.63) is 132 Å². The van der Waals surface area contributed by atoms with Gasteiger partial charge in [0.25, 0.3) is 0 Å². The molecule has 0 saturated heterocycles. The van der Waals surface area contributed by atoms with Crippen molar-refractivity contribution in [2.75, 3.05) is 18.1 Å². The van der Waals surface area contributed by atoms with Crippen LogP contribution >= 0.6 is 0 Å². The van der Waals surface area contributed by atoms with Gasteiger partial charge in [-0.3, -0.25) is 4.79 Å². The highest BCUT2D eigenvalue weighted by Gasteiger charge is 2.44. The molecule has 2 heterocycles. The molecule has 0 aromatic heterocycles. The Kier molecular flexibility index (Phi) is 11.9. The van der Waals surface area contributed by atoms with Crippen molar-refractivity contribution in [3.63, 3.8) is 0 Å². The Balaban J connectivity index is 0.000000968. The molecule has 0 radical (unpaired) electrons. The summed E-state index contributed by atoms with van der Waals surface area (Å²) in [5, 5.41) is 0. The number of anilines is 1. The summed E-state index contributed by atoms with van der Waals surface area (Å²) in [5.41, 5.74) is 8.92. The number of carbonyl (C=O) groups is 1. The van der Waals surface area contributed by atoms with Crippen LogP contribution in [0.3, 0.4) is 0 Å². The molecule has 0 fully saturated rings. The molecule has 48 heavy (non-hydrogen) atoms. The summed E-state index contributed by atoms with van der Waals surface area (Å²) in [6.07, 6.45) is 13.2. The number of ether oxygens (including phenoxy) is 1. The number of carbonyl (C=O) groups excluding carboxylic acids is 1. The van der Waals surface area contributed by atoms with E-state index in [-0.39, 0.29) is 16.8 Å². The molecule has 5 rings (SSSR count). The second kappa shape index (κ2) is 15.7. The summed E-state index contributed by atoms with van der Waals surface area (Å²) >= 11 is 0. The molecule has 4 nitrogen and oxygen atoms in total. The van der Waals surface area contributed by atoms with E-state index in [0.717, 1.165) is 25.9 Å². The lowest BCUT2D eigenvalue weighted by Gasteiger charge is -2.27. The Labute approximate surface area is 282 Å². The maximum Gasteiger partial charge on any atom is 0.673 e. The van der Waals surface area contributed by atoms with Gasteiger partial charge in [-0.15, -0.1) is 0 Å². The molecule has 0 N–H and O–H groups in total. The topological polar surface area (TPSA) is 32.5 Å². The third-order valence-electron chi connectivity index (χ3n) is 8.83. The quantitative estimate of drug-likeness (QED) is 0.0513. The van der Waals surface area contributed by atoms with E-state index in [1.807, 2.05) is 6.92 Å². The summed E-state index contributed by atoms with van der Waals surface area (Å²) in [6.45, 7) is 13.2. The summed E-state index contributed by atoms with van der Waals surface area (Å²) < 4.78 is 46.6. The number of halogens is 4. The molecular formula is C39H45BF4N2O2. The molecule has 0 aliphatic carbocycles. The van der Waals surface area contributed by atoms with Crippen molar-refractivity contribution in [3.8, 4) is 0 Å². The maximum atomic E-state index is 11.9. The zero-order valence-corrected chi connectivity index (χ0v) is 28.4. The minimum Gasteiger partial charge on any atom is -0.466 e. The molecule has 0 atom stereocenters. The van der Waals surface area contributed by atoms with Gasteiger partial charge in [-0.1, -0.05) is 98.8 Å². The van der Waals surface area contributed by atoms with Crippen molar-refractivity contribution in [2.24, 2.45) is 0 Å². The van der Waals surface area contributed by atoms with Crippen LogP contribution in [0.1, 0.15) is 70.6 Å². The fraction of sp³-hybridized carbons (Fsp3) is 0.333. The fourth-order valence-corrected chi connectivity index (χ4v) is 6.59. The van der Waals surface area contributed by atoms with Crippen LogP contribution in [0.5, 0.6) is 0 Å². The highest BCUT2D eigenvalue weighted by Crippen LogP contribution is 2.47. The molecule has 9 heteroatoms. The van der Waals surface area contributed by atoms with Crippen LogP contribution < -0.4 is 4.90 Å². The second-order valence-electron chi connectivity index (χ2n) is 12.9. The van der Waals surface area contributed by atoms with Crippen LogP contribution in [-0.2, 0) is 26.9 Å². The van der Waals surface area contributed by atoms with Gasteiger partial charge >= 0.3 is 13.2 Å². The smallest absolute Gasteiger partial charge is 0.466 e. The normalized spacial score (nSPS) is 17.1. The molecule has 0 bridgehead atoms. The number of esters is 1. The molecular weight excluding hydrogens is 615 g/mol. The summed E-state index contributed by atoms with van der Waals surface area (Å²) in [4.78, 5) is 14.3. The number of benzene rings is 3. The Morgan fingerprint density at radius 2 is 1.44 bits per heavy atom. The lowest BCUT2D eigenvalue weighted by atomic mass is 9.81. The maximum absolute atomic E-state index is 11.9. The molecule has 0 unspecified atom stereocenters. The molecule has 0 spiro atoms. The van der Waals surface area contributed by atoms with Gasteiger partial charge in [0.15, 0.2) is 12.3 Å². The molecule has 2 aliphatic heterocycles. The van der Waals surface area contributed by atoms with E-state index in [2.05, 4.69) is 146 Å². The van der Waals surface area contributed by atoms with Gasteiger partial charge in [0, 0.05) is 53.0 Å². The first-order valence-corrected chi connectivity index (χ1v) is 16.5. The predicted molar refractivity (Wildman–Crippen MR) is 188 cm³/mol. The van der Waals surface area contributed by atoms with Gasteiger partial charge in [0.1, 0.15) is 0 Å². The second-order valence-corrected chi connectivity index (χ2v) is 12.9. The number of allylic oxidation sites excluding steroid dienone is 6. The van der Waals surface area contributed by atoms with Crippen LogP contribution in [-0.4, -0.2) is 36.7 Å². The number of unbranched alkanes of at least 4 members (excludes halogenated alkanes) is 1. The van der Waals surface area contributed by atoms with Crippen LogP contribution in [0.25, 0.3) is 0 Å². The van der Waals surface area contributed by atoms with Crippen molar-refractivity contribution in [1.29, 1.82) is 0 Å². The Morgan fingerprint density at radius 3 is 2.12 bits per heavy atom. The molecule has 0 amide bonds. The first-order valence-electron chi connectivity index (χ1n) is 16.5. The number of fused-ring (bicyclic) bond motifs is 2. The lowest BCUT2D eigenvalue weighted by molar-refractivity contribution is -0.455. The van der Waals surface area contributed by atoms with Gasteiger partial charge < -0.3 is 26.9 Å². The van der Waals surface area contributed by atoms with Crippen molar-refractivity contribution >= 4 is 30.3 Å². The zero-order valence-electron chi connectivity index (χ0n) is 28.4. The number of rotatable bonds is 11. The summed E-state index contributed by atoms with van der Waals surface area (Å²) in [5.74, 6) is -0.108. The van der Waals surface area contributed by atoms with Crippen LogP contribution in [0, 0.1) is 0 Å². The minimum atomic E-state index is -6.00. The highest BCUT2D eigenvalue weighted by molar-refractivity contribution is 6.50. The Morgan fingerprint density at radius 1 is 0.812 bits per heavy atom. The predicted octanol–water partition coefficient (Wildman–Crippen LogP) is 10.1. The van der Waals surface area contributed by atoms with E-state index in [4.69, 9.17) is 4.74 Å². The highest BCUT2D eigenvalue weighted by atomic mass is 19.5. The first-order chi connectivity index (χ1) is 22.7. The third kappa shape index (κ3) is 8.94. The molecule has 254 valence electrons. The molecule has 3 aromatic carbocycles. The number of para-hydroxylation sites is 2. The number of hydrogen-bond donors (Lipinski definition) is 0. The van der Waals surface area contributed by atoms with Gasteiger partial charge in [0.05, 0.1) is 12.0 Å². The average Bonchev–Trinajstić information content (AvgIpc) is 3.38. The van der Waals surface area contributed by atoms with Crippen molar-refractivity contribution in [1.82, 2.24) is 0 Å². The standard InChI is InChI=1S/C39H45N2O2.BF4/c1-6-43-37(42)27-17-18-28-40-33-23-15-13-21-31(33)38(2,3)35(40)25-11-8-12-26-36-39(4,5)32-22-14-16-24-34(32)41(36)29-30-19-9-7-10-20-30;2-1(3,4)5/h7-16,19-26H,6,17-18,27-29H2,1-5H3;/q+1;-1. The fourth-order valence-electron chi connectivity index (χ4n) is 6.59. The van der Waals surface area contributed by atoms with E-state index in [0.29, 0.717) is 13.0 Å². The summed E-state index contributed by atoms with van der Waals surface area (Å²) in [7, 11) is -6.00. The van der Waals surface area contributed by atoms with Crippen LogP contribution in [0.2, 0.25) is 0 Å². The van der Waals surface area contributed by atoms with Crippen molar-refractivity contribution < 1.29 is 31.4 Å². The van der Waals surface area contributed by atoms with E-state index in [9.17, 15) is 22.1 Å². The van der Waals surface area contributed by atoms with Gasteiger partial charge in [-0.25, -0.2) is 0 Å². The minimum absolute atomic E-state index is 0.0936. The monoisotopic (exact) mass is 660 g/mol. The Bertz CT molecular complexity index is 1690. The van der Waals surface area contributed by atoms with Crippen molar-refractivity contribution in [2.45, 2.75) is 71.3 Å². The van der Waals surface area contributed by atoms with Crippen LogP contribution in [0.15, 0.2) is 115 Å². The molecule has 2 aliphatic rings. The molecule has 0 saturated carbocycles. The lowest BCUT2D eigenvalue weighted by Crippen LogP contribution is -2.27. The number of hydrogen-bond acceptors (Lipinski definition) is 3. The van der Waals surface area contributed by atoms with E-state index < -0.39 is 7.25 Å². The summed E-state index contributed by atoms with van der Waals surface area (Å²) in [6, 6.07) is 28.2. The largest absolute Gasteiger partial charge is 0.673 e. The van der Waals surface area contributed by atoms with Gasteiger partial charge in [-0.05, 0) is 51.3 Å². The third-order valence-corrected chi connectivity index (χ3v) is 8.83. The average molecular weight is 661 g/mol. The first kappa shape index (κ1) is 36.4. The van der Waals surface area contributed by atoms with Gasteiger partial charge in [-0.2, -0.15) is 4.58 Å². The van der Waals surface area contributed by atoms with E-state index in [1.165, 1.54) is 39.5 Å². The van der Waals surface area contributed by atoms with Crippen LogP contribution in [0.4, 0.5) is 28.6 Å². The number of nitrogens with zero attached hydrogens (tertiary/aromatic N) is 2.